The van der Waals surface area contributed by atoms with Crippen molar-refractivity contribution in [3.63, 3.8) is 0 Å². The molecular weight excluding hydrogens is 242 g/mol. The lowest BCUT2D eigenvalue weighted by Gasteiger charge is -2.13. The summed E-state index contributed by atoms with van der Waals surface area (Å²) in [6.07, 6.45) is 2.15. The lowest BCUT2D eigenvalue weighted by Crippen LogP contribution is -2.39. The summed E-state index contributed by atoms with van der Waals surface area (Å²) in [7, 11) is 0. The van der Waals surface area contributed by atoms with Gasteiger partial charge < -0.3 is 10.6 Å². The first-order valence-electron chi connectivity index (χ1n) is 6.39. The molecule has 1 heterocycles. The second-order valence-corrected chi connectivity index (χ2v) is 4.77. The molecule has 0 aliphatic heterocycles. The van der Waals surface area contributed by atoms with Crippen LogP contribution in [-0.4, -0.2) is 33.2 Å². The van der Waals surface area contributed by atoms with Crippen LogP contribution in [0, 0.1) is 0 Å². The summed E-state index contributed by atoms with van der Waals surface area (Å²) < 4.78 is 0. The molecule has 1 atom stereocenters. The van der Waals surface area contributed by atoms with Crippen LogP contribution in [0.25, 0.3) is 11.0 Å². The first-order valence-corrected chi connectivity index (χ1v) is 6.39. The number of hydrogen-bond acceptors (Lipinski definition) is 5. The fraction of sp³-hybridized carbons (Fsp3) is 0.385. The second-order valence-electron chi connectivity index (χ2n) is 4.77. The van der Waals surface area contributed by atoms with Crippen molar-refractivity contribution in [2.45, 2.75) is 31.8 Å². The number of aromatic nitrogens is 3. The van der Waals surface area contributed by atoms with Crippen molar-refractivity contribution in [3.8, 4) is 0 Å². The summed E-state index contributed by atoms with van der Waals surface area (Å²) >= 11 is 0. The zero-order chi connectivity index (χ0) is 13.2. The van der Waals surface area contributed by atoms with Gasteiger partial charge in [-0.05, 0) is 31.9 Å². The van der Waals surface area contributed by atoms with E-state index in [4.69, 9.17) is 0 Å². The average Bonchev–Trinajstić information content (AvgIpc) is 3.22. The lowest BCUT2D eigenvalue weighted by atomic mass is 10.3. The Morgan fingerprint density at radius 1 is 1.26 bits per heavy atom. The molecule has 6 nitrogen and oxygen atoms in total. The molecule has 0 spiro atoms. The molecular formula is C13H15N5O. The molecule has 19 heavy (non-hydrogen) atoms. The zero-order valence-electron chi connectivity index (χ0n) is 10.6. The standard InChI is InChI=1S/C13H15N5O/c1-8(12(19)15-9-6-7-9)14-13-16-10-4-2-3-5-11(10)17-18-13/h2-5,8-9H,6-7H2,1H3,(H,15,19)(H,14,16,18). The third kappa shape index (κ3) is 2.78. The number of para-hydroxylation sites is 1. The minimum absolute atomic E-state index is 0.0285. The third-order valence-electron chi connectivity index (χ3n) is 3.02. The van der Waals surface area contributed by atoms with E-state index in [1.165, 1.54) is 0 Å². The number of carbonyl (C=O) groups is 1. The molecule has 1 amide bonds. The van der Waals surface area contributed by atoms with Gasteiger partial charge in [-0.3, -0.25) is 4.79 Å². The number of amides is 1. The summed E-state index contributed by atoms with van der Waals surface area (Å²) in [5.74, 6) is 0.344. The molecule has 1 unspecified atom stereocenters. The molecule has 0 bridgehead atoms. The van der Waals surface area contributed by atoms with Gasteiger partial charge in [0.2, 0.25) is 11.9 Å². The van der Waals surface area contributed by atoms with E-state index in [9.17, 15) is 4.79 Å². The van der Waals surface area contributed by atoms with Gasteiger partial charge in [0, 0.05) is 6.04 Å². The van der Waals surface area contributed by atoms with Gasteiger partial charge in [-0.1, -0.05) is 12.1 Å². The maximum absolute atomic E-state index is 11.8. The monoisotopic (exact) mass is 257 g/mol. The van der Waals surface area contributed by atoms with Crippen molar-refractivity contribution in [2.75, 3.05) is 5.32 Å². The molecule has 1 saturated carbocycles. The number of hydrogen-bond donors (Lipinski definition) is 2. The number of anilines is 1. The molecule has 98 valence electrons. The average molecular weight is 257 g/mol. The number of nitrogens with zero attached hydrogens (tertiary/aromatic N) is 3. The van der Waals surface area contributed by atoms with Gasteiger partial charge in [-0.25, -0.2) is 4.98 Å². The van der Waals surface area contributed by atoms with E-state index in [1.807, 2.05) is 24.3 Å². The van der Waals surface area contributed by atoms with Crippen LogP contribution in [0.3, 0.4) is 0 Å². The number of rotatable bonds is 4. The topological polar surface area (TPSA) is 79.8 Å². The van der Waals surface area contributed by atoms with Crippen molar-refractivity contribution in [1.29, 1.82) is 0 Å². The Bertz CT molecular complexity index is 611. The van der Waals surface area contributed by atoms with Crippen LogP contribution >= 0.6 is 0 Å². The van der Waals surface area contributed by atoms with Crippen molar-refractivity contribution in [2.24, 2.45) is 0 Å². The van der Waals surface area contributed by atoms with E-state index < -0.39 is 0 Å². The Morgan fingerprint density at radius 3 is 2.74 bits per heavy atom. The predicted octanol–water partition coefficient (Wildman–Crippen LogP) is 1.10. The SMILES string of the molecule is CC(Nc1nnc2ccccc2n1)C(=O)NC1CC1. The second kappa shape index (κ2) is 4.79. The smallest absolute Gasteiger partial charge is 0.243 e. The van der Waals surface area contributed by atoms with Crippen LogP contribution in [0.2, 0.25) is 0 Å². The van der Waals surface area contributed by atoms with E-state index in [0.29, 0.717) is 12.0 Å². The van der Waals surface area contributed by atoms with Crippen molar-refractivity contribution >= 4 is 22.9 Å². The first kappa shape index (κ1) is 11.8. The van der Waals surface area contributed by atoms with Gasteiger partial charge in [0.25, 0.3) is 0 Å². The normalized spacial score (nSPS) is 16.1. The molecule has 0 radical (unpaired) electrons. The van der Waals surface area contributed by atoms with Crippen LogP contribution in [0.4, 0.5) is 5.95 Å². The van der Waals surface area contributed by atoms with Gasteiger partial charge in [-0.15, -0.1) is 10.2 Å². The van der Waals surface area contributed by atoms with Crippen LogP contribution in [0.1, 0.15) is 19.8 Å². The van der Waals surface area contributed by atoms with Crippen LogP contribution in [0.5, 0.6) is 0 Å². The van der Waals surface area contributed by atoms with E-state index in [1.54, 1.807) is 6.92 Å². The Hall–Kier alpha value is -2.24. The molecule has 0 saturated heterocycles. The van der Waals surface area contributed by atoms with Crippen molar-refractivity contribution < 1.29 is 4.79 Å². The quantitative estimate of drug-likeness (QED) is 0.857. The van der Waals surface area contributed by atoms with Gasteiger partial charge in [0.1, 0.15) is 11.6 Å². The van der Waals surface area contributed by atoms with Crippen LogP contribution in [0.15, 0.2) is 24.3 Å². The van der Waals surface area contributed by atoms with Crippen molar-refractivity contribution in [3.05, 3.63) is 24.3 Å². The number of carbonyl (C=O) groups excluding carboxylic acids is 1. The van der Waals surface area contributed by atoms with Gasteiger partial charge in [0.15, 0.2) is 0 Å². The molecule has 1 aromatic carbocycles. The Labute approximate surface area is 110 Å². The Balaban J connectivity index is 1.71. The Morgan fingerprint density at radius 2 is 2.00 bits per heavy atom. The lowest BCUT2D eigenvalue weighted by molar-refractivity contribution is -0.121. The zero-order valence-corrected chi connectivity index (χ0v) is 10.6. The van der Waals surface area contributed by atoms with E-state index in [0.717, 1.165) is 23.9 Å². The fourth-order valence-corrected chi connectivity index (χ4v) is 1.76. The third-order valence-corrected chi connectivity index (χ3v) is 3.02. The molecule has 1 aliphatic carbocycles. The molecule has 2 N–H and O–H groups in total. The highest BCUT2D eigenvalue weighted by molar-refractivity contribution is 5.84. The predicted molar refractivity (Wildman–Crippen MR) is 71.6 cm³/mol. The summed E-state index contributed by atoms with van der Waals surface area (Å²) in [4.78, 5) is 16.1. The van der Waals surface area contributed by atoms with Crippen LogP contribution < -0.4 is 10.6 Å². The minimum Gasteiger partial charge on any atom is -0.352 e. The Kier molecular flexibility index (Phi) is 2.98. The van der Waals surface area contributed by atoms with Gasteiger partial charge in [-0.2, -0.15) is 0 Å². The molecule has 1 fully saturated rings. The van der Waals surface area contributed by atoms with E-state index in [2.05, 4.69) is 25.8 Å². The summed E-state index contributed by atoms with van der Waals surface area (Å²) in [5.41, 5.74) is 1.50. The highest BCUT2D eigenvalue weighted by Gasteiger charge is 2.25. The summed E-state index contributed by atoms with van der Waals surface area (Å²) in [6.45, 7) is 1.79. The highest BCUT2D eigenvalue weighted by Crippen LogP contribution is 2.18. The maximum atomic E-state index is 11.8. The highest BCUT2D eigenvalue weighted by atomic mass is 16.2. The van der Waals surface area contributed by atoms with E-state index >= 15 is 0 Å². The molecule has 2 aromatic rings. The summed E-state index contributed by atoms with van der Waals surface area (Å²) in [5, 5.41) is 13.9. The van der Waals surface area contributed by atoms with E-state index in [-0.39, 0.29) is 11.9 Å². The number of nitrogens with one attached hydrogen (secondary N) is 2. The number of benzene rings is 1. The van der Waals surface area contributed by atoms with Crippen molar-refractivity contribution in [1.82, 2.24) is 20.5 Å². The van der Waals surface area contributed by atoms with Gasteiger partial charge in [0.05, 0.1) is 5.52 Å². The molecule has 1 aliphatic rings. The van der Waals surface area contributed by atoms with Crippen LogP contribution in [-0.2, 0) is 4.79 Å². The molecule has 6 heteroatoms. The summed E-state index contributed by atoms with van der Waals surface area (Å²) in [6, 6.07) is 7.48. The van der Waals surface area contributed by atoms with Gasteiger partial charge >= 0.3 is 0 Å². The molecule has 1 aromatic heterocycles. The first-order chi connectivity index (χ1) is 9.22. The molecule has 3 rings (SSSR count). The fourth-order valence-electron chi connectivity index (χ4n) is 1.76. The number of fused-ring (bicyclic) bond motifs is 1. The minimum atomic E-state index is -0.372. The largest absolute Gasteiger partial charge is 0.352 e. The maximum Gasteiger partial charge on any atom is 0.243 e.